The van der Waals surface area contributed by atoms with Gasteiger partial charge in [0.2, 0.25) is 0 Å². The number of carboxylic acid groups (broad SMARTS) is 1. The molecule has 1 aromatic heterocycles. The van der Waals surface area contributed by atoms with Crippen LogP contribution in [0.4, 0.5) is 4.39 Å². The zero-order valence-corrected chi connectivity index (χ0v) is 10.7. The van der Waals surface area contributed by atoms with Crippen LogP contribution >= 0.6 is 11.6 Å². The van der Waals surface area contributed by atoms with Gasteiger partial charge < -0.3 is 5.11 Å². The molecule has 0 saturated heterocycles. The van der Waals surface area contributed by atoms with Crippen LogP contribution in [-0.4, -0.2) is 20.9 Å². The van der Waals surface area contributed by atoms with E-state index in [1.165, 1.54) is 22.9 Å². The van der Waals surface area contributed by atoms with Gasteiger partial charge in [-0.15, -0.1) is 0 Å². The molecule has 1 heterocycles. The van der Waals surface area contributed by atoms with Crippen LogP contribution in [0.2, 0.25) is 5.02 Å². The lowest BCUT2D eigenvalue weighted by Gasteiger charge is -2.03. The van der Waals surface area contributed by atoms with Crippen LogP contribution in [0.5, 0.6) is 0 Å². The van der Waals surface area contributed by atoms with Crippen LogP contribution in [0.15, 0.2) is 30.5 Å². The molecule has 0 radical (unpaired) electrons. The predicted octanol–water partition coefficient (Wildman–Crippen LogP) is 3.07. The Morgan fingerprint density at radius 3 is 2.79 bits per heavy atom. The van der Waals surface area contributed by atoms with E-state index in [-0.39, 0.29) is 0 Å². The molecular formula is C13H10ClFN2O2. The minimum Gasteiger partial charge on any atom is -0.478 e. The van der Waals surface area contributed by atoms with Crippen molar-refractivity contribution in [2.45, 2.75) is 6.92 Å². The second kappa shape index (κ2) is 5.24. The van der Waals surface area contributed by atoms with E-state index in [2.05, 4.69) is 5.10 Å². The van der Waals surface area contributed by atoms with E-state index in [0.29, 0.717) is 22.0 Å². The average Bonchev–Trinajstić information content (AvgIpc) is 2.66. The van der Waals surface area contributed by atoms with Crippen LogP contribution in [-0.2, 0) is 4.79 Å². The van der Waals surface area contributed by atoms with Crippen molar-refractivity contribution in [3.63, 3.8) is 0 Å². The molecule has 0 aliphatic rings. The zero-order valence-electron chi connectivity index (χ0n) is 9.97. The fourth-order valence-electron chi connectivity index (χ4n) is 1.56. The first kappa shape index (κ1) is 13.3. The van der Waals surface area contributed by atoms with E-state index in [1.54, 1.807) is 19.2 Å². The molecule has 2 rings (SSSR count). The van der Waals surface area contributed by atoms with Crippen molar-refractivity contribution < 1.29 is 14.3 Å². The molecule has 1 N–H and O–H groups in total. The Bertz CT molecular complexity index is 645. The van der Waals surface area contributed by atoms with Crippen LogP contribution in [0.25, 0.3) is 11.8 Å². The summed E-state index contributed by atoms with van der Waals surface area (Å²) >= 11 is 5.89. The van der Waals surface area contributed by atoms with Crippen LogP contribution in [0.3, 0.4) is 0 Å². The summed E-state index contributed by atoms with van der Waals surface area (Å²) in [6.07, 6.45) is 3.82. The summed E-state index contributed by atoms with van der Waals surface area (Å²) < 4.78 is 14.9. The van der Waals surface area contributed by atoms with Crippen molar-refractivity contribution in [1.29, 1.82) is 0 Å². The van der Waals surface area contributed by atoms with Gasteiger partial charge in [-0.25, -0.2) is 13.9 Å². The number of aliphatic carboxylic acids is 1. The maximum absolute atomic E-state index is 13.5. The molecule has 1 aromatic carbocycles. The molecule has 98 valence electrons. The third-order valence-electron chi connectivity index (χ3n) is 2.43. The molecule has 0 amide bonds. The Labute approximate surface area is 113 Å². The highest BCUT2D eigenvalue weighted by atomic mass is 35.5. The number of rotatable bonds is 3. The second-order valence-electron chi connectivity index (χ2n) is 3.92. The van der Waals surface area contributed by atoms with Gasteiger partial charge >= 0.3 is 5.97 Å². The lowest BCUT2D eigenvalue weighted by atomic mass is 10.2. The normalized spacial score (nSPS) is 11.1. The molecule has 6 heteroatoms. The number of halogens is 2. The third-order valence-corrected chi connectivity index (χ3v) is 2.80. The second-order valence-corrected chi connectivity index (χ2v) is 4.33. The fourth-order valence-corrected chi connectivity index (χ4v) is 1.69. The molecule has 0 aliphatic carbocycles. The zero-order chi connectivity index (χ0) is 14.0. The van der Waals surface area contributed by atoms with Crippen molar-refractivity contribution in [2.75, 3.05) is 0 Å². The Morgan fingerprint density at radius 1 is 1.47 bits per heavy atom. The summed E-state index contributed by atoms with van der Waals surface area (Å²) in [5.41, 5.74) is 1.54. The van der Waals surface area contributed by atoms with Crippen molar-refractivity contribution in [3.8, 4) is 5.69 Å². The van der Waals surface area contributed by atoms with Crippen molar-refractivity contribution in [1.82, 2.24) is 9.78 Å². The quantitative estimate of drug-likeness (QED) is 0.879. The summed E-state index contributed by atoms with van der Waals surface area (Å²) in [5.74, 6) is -1.57. The molecule has 19 heavy (non-hydrogen) atoms. The molecule has 0 fully saturated rings. The summed E-state index contributed by atoms with van der Waals surface area (Å²) in [7, 11) is 0. The van der Waals surface area contributed by atoms with Crippen molar-refractivity contribution in [3.05, 3.63) is 52.6 Å². The molecule has 0 saturated carbocycles. The molecular weight excluding hydrogens is 271 g/mol. The Morgan fingerprint density at radius 2 is 2.21 bits per heavy atom. The molecule has 0 aliphatic heterocycles. The Kier molecular flexibility index (Phi) is 3.66. The lowest BCUT2D eigenvalue weighted by molar-refractivity contribution is -0.131. The standard InChI is InChI=1S/C13H10ClFN2O2/c1-8-12(14)7-17(16-8)11-5-9(2-3-13(18)19)4-10(15)6-11/h2-7H,1H3,(H,18,19)/b3-2+. The van der Waals surface area contributed by atoms with Gasteiger partial charge in [-0.2, -0.15) is 5.10 Å². The number of aryl methyl sites for hydroxylation is 1. The number of benzene rings is 1. The highest BCUT2D eigenvalue weighted by Gasteiger charge is 2.06. The van der Waals surface area contributed by atoms with Gasteiger partial charge in [0.1, 0.15) is 5.82 Å². The number of hydrogen-bond donors (Lipinski definition) is 1. The Balaban J connectivity index is 2.44. The minimum absolute atomic E-state index is 0.432. The number of hydrogen-bond acceptors (Lipinski definition) is 2. The predicted molar refractivity (Wildman–Crippen MR) is 69.9 cm³/mol. The maximum Gasteiger partial charge on any atom is 0.328 e. The van der Waals surface area contributed by atoms with E-state index < -0.39 is 11.8 Å². The minimum atomic E-state index is -1.09. The van der Waals surface area contributed by atoms with Gasteiger partial charge in [-0.1, -0.05) is 11.6 Å². The number of carbonyl (C=O) groups is 1. The van der Waals surface area contributed by atoms with Crippen molar-refractivity contribution in [2.24, 2.45) is 0 Å². The van der Waals surface area contributed by atoms with E-state index in [4.69, 9.17) is 16.7 Å². The molecule has 2 aromatic rings. The third kappa shape index (κ3) is 3.20. The lowest BCUT2D eigenvalue weighted by Crippen LogP contribution is -1.97. The fraction of sp³-hybridized carbons (Fsp3) is 0.0769. The van der Waals surface area contributed by atoms with Gasteiger partial charge in [0, 0.05) is 12.3 Å². The highest BCUT2D eigenvalue weighted by molar-refractivity contribution is 6.31. The topological polar surface area (TPSA) is 55.1 Å². The SMILES string of the molecule is Cc1nn(-c2cc(F)cc(/C=C/C(=O)O)c2)cc1Cl. The molecule has 0 bridgehead atoms. The monoisotopic (exact) mass is 280 g/mol. The summed E-state index contributed by atoms with van der Waals surface area (Å²) in [6, 6.07) is 4.15. The molecule has 0 atom stereocenters. The summed E-state index contributed by atoms with van der Waals surface area (Å²) in [4.78, 5) is 10.4. The first-order valence-electron chi connectivity index (χ1n) is 5.39. The van der Waals surface area contributed by atoms with Crippen LogP contribution in [0, 0.1) is 12.7 Å². The van der Waals surface area contributed by atoms with Crippen LogP contribution in [0.1, 0.15) is 11.3 Å². The van der Waals surface area contributed by atoms with Gasteiger partial charge in [-0.05, 0) is 36.8 Å². The molecule has 4 nitrogen and oxygen atoms in total. The smallest absolute Gasteiger partial charge is 0.328 e. The van der Waals surface area contributed by atoms with E-state index in [9.17, 15) is 9.18 Å². The molecule has 0 unspecified atom stereocenters. The molecule has 0 spiro atoms. The van der Waals surface area contributed by atoms with Gasteiger partial charge in [0.25, 0.3) is 0 Å². The van der Waals surface area contributed by atoms with E-state index in [1.807, 2.05) is 0 Å². The number of aromatic nitrogens is 2. The van der Waals surface area contributed by atoms with E-state index >= 15 is 0 Å². The van der Waals surface area contributed by atoms with Gasteiger partial charge in [0.05, 0.1) is 16.4 Å². The first-order valence-corrected chi connectivity index (χ1v) is 5.77. The summed E-state index contributed by atoms with van der Waals surface area (Å²) in [6.45, 7) is 1.74. The number of carboxylic acids is 1. The van der Waals surface area contributed by atoms with Crippen LogP contribution < -0.4 is 0 Å². The first-order chi connectivity index (χ1) is 8.95. The van der Waals surface area contributed by atoms with Crippen molar-refractivity contribution >= 4 is 23.6 Å². The average molecular weight is 281 g/mol. The van der Waals surface area contributed by atoms with E-state index in [0.717, 1.165) is 6.08 Å². The van der Waals surface area contributed by atoms with Gasteiger partial charge in [-0.3, -0.25) is 0 Å². The Hall–Kier alpha value is -2.14. The highest BCUT2D eigenvalue weighted by Crippen LogP contribution is 2.19. The maximum atomic E-state index is 13.5. The number of nitrogens with zero attached hydrogens (tertiary/aromatic N) is 2. The van der Waals surface area contributed by atoms with Gasteiger partial charge in [0.15, 0.2) is 0 Å². The summed E-state index contributed by atoms with van der Waals surface area (Å²) in [5, 5.41) is 13.2. The largest absolute Gasteiger partial charge is 0.478 e.